The van der Waals surface area contributed by atoms with E-state index in [0.717, 1.165) is 16.6 Å². The lowest BCUT2D eigenvalue weighted by atomic mass is 10.2. The molecule has 1 aromatic heterocycles. The predicted octanol–water partition coefficient (Wildman–Crippen LogP) is 3.79. The van der Waals surface area contributed by atoms with Gasteiger partial charge in [-0.25, -0.2) is 0 Å². The van der Waals surface area contributed by atoms with Gasteiger partial charge in [0.05, 0.1) is 6.54 Å². The molecule has 0 aliphatic carbocycles. The van der Waals surface area contributed by atoms with Crippen molar-refractivity contribution in [3.63, 3.8) is 0 Å². The van der Waals surface area contributed by atoms with Crippen molar-refractivity contribution >= 4 is 15.9 Å². The topological polar surface area (TPSA) is 51.0 Å². The quantitative estimate of drug-likeness (QED) is 0.765. The largest absolute Gasteiger partial charge is 0.419 e. The van der Waals surface area contributed by atoms with E-state index < -0.39 is 0 Å². The first-order chi connectivity index (χ1) is 10.3. The van der Waals surface area contributed by atoms with E-state index in [2.05, 4.69) is 43.6 Å². The minimum atomic E-state index is 0.551. The van der Waals surface area contributed by atoms with Crippen LogP contribution in [0.25, 0.3) is 11.5 Å². The van der Waals surface area contributed by atoms with Gasteiger partial charge in [0.25, 0.3) is 0 Å². The minimum Gasteiger partial charge on any atom is -0.419 e. The van der Waals surface area contributed by atoms with Crippen LogP contribution in [0, 0.1) is 0 Å². The molecule has 0 saturated heterocycles. The Morgan fingerprint density at radius 3 is 2.43 bits per heavy atom. The Kier molecular flexibility index (Phi) is 4.43. The van der Waals surface area contributed by atoms with Crippen molar-refractivity contribution in [3.05, 3.63) is 70.5 Å². The van der Waals surface area contributed by atoms with Crippen LogP contribution in [-0.4, -0.2) is 10.2 Å². The lowest BCUT2D eigenvalue weighted by Crippen LogP contribution is -2.12. The van der Waals surface area contributed by atoms with Gasteiger partial charge in [0.1, 0.15) is 0 Å². The summed E-state index contributed by atoms with van der Waals surface area (Å²) in [5.74, 6) is 1.14. The molecule has 2 aromatic carbocycles. The highest BCUT2D eigenvalue weighted by atomic mass is 79.9. The zero-order valence-corrected chi connectivity index (χ0v) is 12.9. The maximum Gasteiger partial charge on any atom is 0.247 e. The zero-order chi connectivity index (χ0) is 14.5. The lowest BCUT2D eigenvalue weighted by molar-refractivity contribution is 0.477. The summed E-state index contributed by atoms with van der Waals surface area (Å²) in [7, 11) is 0. The van der Waals surface area contributed by atoms with Crippen molar-refractivity contribution in [2.24, 2.45) is 0 Å². The molecular weight excluding hydrogens is 330 g/mol. The highest BCUT2D eigenvalue weighted by molar-refractivity contribution is 9.10. The Morgan fingerprint density at radius 1 is 0.905 bits per heavy atom. The first kappa shape index (κ1) is 14.0. The number of benzene rings is 2. The van der Waals surface area contributed by atoms with Crippen LogP contribution in [0.3, 0.4) is 0 Å². The van der Waals surface area contributed by atoms with Gasteiger partial charge in [-0.2, -0.15) is 0 Å². The average molecular weight is 344 g/mol. The van der Waals surface area contributed by atoms with Crippen LogP contribution in [0.15, 0.2) is 63.5 Å². The Hall–Kier alpha value is -1.98. The molecule has 0 spiro atoms. The molecule has 21 heavy (non-hydrogen) atoms. The molecule has 0 amide bonds. The molecule has 1 heterocycles. The van der Waals surface area contributed by atoms with Gasteiger partial charge in [-0.1, -0.05) is 46.3 Å². The Balaban J connectivity index is 1.57. The summed E-state index contributed by atoms with van der Waals surface area (Å²) in [6, 6.07) is 17.9. The number of nitrogens with one attached hydrogen (secondary N) is 1. The molecule has 0 unspecified atom stereocenters. The summed E-state index contributed by atoms with van der Waals surface area (Å²) >= 11 is 3.42. The number of hydrogen-bond donors (Lipinski definition) is 1. The Morgan fingerprint density at radius 2 is 1.67 bits per heavy atom. The number of rotatable bonds is 5. The third kappa shape index (κ3) is 3.77. The van der Waals surface area contributed by atoms with Crippen molar-refractivity contribution in [1.82, 2.24) is 15.5 Å². The van der Waals surface area contributed by atoms with Crippen molar-refractivity contribution in [1.29, 1.82) is 0 Å². The number of hydrogen-bond acceptors (Lipinski definition) is 4. The van der Waals surface area contributed by atoms with Gasteiger partial charge in [0.15, 0.2) is 0 Å². The molecule has 0 atom stereocenters. The molecule has 0 saturated carbocycles. The maximum absolute atomic E-state index is 5.63. The summed E-state index contributed by atoms with van der Waals surface area (Å²) in [5.41, 5.74) is 2.14. The number of halogens is 1. The van der Waals surface area contributed by atoms with Crippen molar-refractivity contribution in [2.75, 3.05) is 0 Å². The summed E-state index contributed by atoms with van der Waals surface area (Å²) in [6.45, 7) is 1.31. The van der Waals surface area contributed by atoms with Gasteiger partial charge in [0, 0.05) is 16.6 Å². The third-order valence-electron chi connectivity index (χ3n) is 3.01. The van der Waals surface area contributed by atoms with E-state index in [1.165, 1.54) is 5.56 Å². The standard InChI is InChI=1S/C16H14BrN3O/c17-14-8-6-12(7-9-14)10-18-11-15-19-20-16(21-15)13-4-2-1-3-5-13/h1-9,18H,10-11H2. The van der Waals surface area contributed by atoms with E-state index in [0.29, 0.717) is 18.3 Å². The highest BCUT2D eigenvalue weighted by Crippen LogP contribution is 2.16. The van der Waals surface area contributed by atoms with E-state index in [1.54, 1.807) is 0 Å². The summed E-state index contributed by atoms with van der Waals surface area (Å²) in [6.07, 6.45) is 0. The molecule has 1 N–H and O–H groups in total. The fraction of sp³-hybridized carbons (Fsp3) is 0.125. The van der Waals surface area contributed by atoms with Gasteiger partial charge < -0.3 is 9.73 Å². The van der Waals surface area contributed by atoms with Crippen LogP contribution in [-0.2, 0) is 13.1 Å². The second kappa shape index (κ2) is 6.65. The average Bonchev–Trinajstić information content (AvgIpc) is 2.99. The number of nitrogens with zero attached hydrogens (tertiary/aromatic N) is 2. The Bertz CT molecular complexity index is 695. The smallest absolute Gasteiger partial charge is 0.247 e. The van der Waals surface area contributed by atoms with Crippen molar-refractivity contribution in [3.8, 4) is 11.5 Å². The molecule has 4 nitrogen and oxygen atoms in total. The fourth-order valence-electron chi connectivity index (χ4n) is 1.94. The second-order valence-electron chi connectivity index (χ2n) is 4.60. The van der Waals surface area contributed by atoms with Gasteiger partial charge in [-0.15, -0.1) is 10.2 Å². The normalized spacial score (nSPS) is 10.7. The first-order valence-corrected chi connectivity index (χ1v) is 7.43. The molecule has 3 rings (SSSR count). The molecular formula is C16H14BrN3O. The van der Waals surface area contributed by atoms with Gasteiger partial charge >= 0.3 is 0 Å². The molecule has 0 aliphatic rings. The van der Waals surface area contributed by atoms with Gasteiger partial charge in [0.2, 0.25) is 11.8 Å². The molecule has 0 bridgehead atoms. The minimum absolute atomic E-state index is 0.551. The second-order valence-corrected chi connectivity index (χ2v) is 5.51. The van der Waals surface area contributed by atoms with Crippen molar-refractivity contribution < 1.29 is 4.42 Å². The fourth-order valence-corrected chi connectivity index (χ4v) is 2.20. The van der Waals surface area contributed by atoms with E-state index in [-0.39, 0.29) is 0 Å². The van der Waals surface area contributed by atoms with Crippen LogP contribution in [0.4, 0.5) is 0 Å². The van der Waals surface area contributed by atoms with Crippen LogP contribution < -0.4 is 5.32 Å². The van der Waals surface area contributed by atoms with Crippen LogP contribution in [0.5, 0.6) is 0 Å². The maximum atomic E-state index is 5.63. The number of aromatic nitrogens is 2. The molecule has 0 aliphatic heterocycles. The van der Waals surface area contributed by atoms with E-state index in [9.17, 15) is 0 Å². The van der Waals surface area contributed by atoms with Crippen molar-refractivity contribution in [2.45, 2.75) is 13.1 Å². The van der Waals surface area contributed by atoms with E-state index >= 15 is 0 Å². The summed E-state index contributed by atoms with van der Waals surface area (Å²) in [4.78, 5) is 0. The molecule has 5 heteroatoms. The highest BCUT2D eigenvalue weighted by Gasteiger charge is 2.07. The van der Waals surface area contributed by atoms with Crippen LogP contribution in [0.1, 0.15) is 11.5 Å². The van der Waals surface area contributed by atoms with Crippen LogP contribution >= 0.6 is 15.9 Å². The van der Waals surface area contributed by atoms with Gasteiger partial charge in [-0.3, -0.25) is 0 Å². The third-order valence-corrected chi connectivity index (χ3v) is 3.53. The monoisotopic (exact) mass is 343 g/mol. The molecule has 3 aromatic rings. The zero-order valence-electron chi connectivity index (χ0n) is 11.3. The molecule has 106 valence electrons. The lowest BCUT2D eigenvalue weighted by Gasteiger charge is -2.02. The van der Waals surface area contributed by atoms with Crippen LogP contribution in [0.2, 0.25) is 0 Å². The van der Waals surface area contributed by atoms with Gasteiger partial charge in [-0.05, 0) is 29.8 Å². The Labute approximate surface area is 131 Å². The summed E-state index contributed by atoms with van der Waals surface area (Å²) < 4.78 is 6.71. The molecule has 0 radical (unpaired) electrons. The van der Waals surface area contributed by atoms with E-state index in [1.807, 2.05) is 42.5 Å². The summed E-state index contributed by atoms with van der Waals surface area (Å²) in [5, 5.41) is 11.4. The first-order valence-electron chi connectivity index (χ1n) is 6.64. The SMILES string of the molecule is Brc1ccc(CNCc2nnc(-c3ccccc3)o2)cc1. The molecule has 0 fully saturated rings. The predicted molar refractivity (Wildman–Crippen MR) is 84.4 cm³/mol. The van der Waals surface area contributed by atoms with E-state index in [4.69, 9.17) is 4.42 Å².